The van der Waals surface area contributed by atoms with E-state index in [0.29, 0.717) is 34.8 Å². The Bertz CT molecular complexity index is 1530. The van der Waals surface area contributed by atoms with Crippen LogP contribution < -0.4 is 0 Å². The molecule has 0 bridgehead atoms. The van der Waals surface area contributed by atoms with Crippen LogP contribution in [0.2, 0.25) is 0 Å². The van der Waals surface area contributed by atoms with E-state index in [-0.39, 0.29) is 5.97 Å². The van der Waals surface area contributed by atoms with Crippen molar-refractivity contribution in [2.45, 2.75) is 44.4 Å². The van der Waals surface area contributed by atoms with Crippen molar-refractivity contribution < 1.29 is 32.3 Å². The fourth-order valence-electron chi connectivity index (χ4n) is 4.85. The minimum Gasteiger partial charge on any atom is -0.465 e. The third-order valence-corrected chi connectivity index (χ3v) is 7.22. The maximum atomic E-state index is 13.0. The molecule has 8 heteroatoms. The van der Waals surface area contributed by atoms with Crippen molar-refractivity contribution in [3.8, 4) is 22.5 Å². The number of esters is 1. The number of aliphatic hydroxyl groups is 1. The molecule has 1 saturated carbocycles. The molecule has 3 aromatic carbocycles. The summed E-state index contributed by atoms with van der Waals surface area (Å²) < 4.78 is 49.9. The number of carbonyl (C=O) groups excluding carboxylic acids is 1. The molecule has 5 nitrogen and oxygen atoms in total. The first-order valence-corrected chi connectivity index (χ1v) is 13.0. The fraction of sp³-hybridized carbons (Fsp3) is 0.250. The van der Waals surface area contributed by atoms with Crippen LogP contribution in [0.4, 0.5) is 13.2 Å². The Hall–Kier alpha value is -4.17. The van der Waals surface area contributed by atoms with Crippen LogP contribution in [0, 0.1) is 6.92 Å². The molecule has 1 fully saturated rings. The number of aromatic nitrogens is 1. The van der Waals surface area contributed by atoms with Gasteiger partial charge >= 0.3 is 12.1 Å². The van der Waals surface area contributed by atoms with Gasteiger partial charge in [0, 0.05) is 5.56 Å². The topological polar surface area (TPSA) is 72.6 Å². The minimum absolute atomic E-state index is 0.169. The standard InChI is InChI=1S/C32H28F3NO4/c1-3-39-30(38)31(17-18-31)25-14-12-23(13-15-25)22-8-10-24(11-9-22)29-28(20(2)36-40-29)27(37)16-7-21-5-4-6-26(19-21)32(33,34)35/h4-16,19,27,37H,3,17-18H2,1-2H3. The van der Waals surface area contributed by atoms with Gasteiger partial charge in [0.15, 0.2) is 5.76 Å². The lowest BCUT2D eigenvalue weighted by Crippen LogP contribution is -2.23. The highest BCUT2D eigenvalue weighted by molar-refractivity contribution is 5.87. The monoisotopic (exact) mass is 547 g/mol. The van der Waals surface area contributed by atoms with Crippen molar-refractivity contribution in [2.24, 2.45) is 0 Å². The van der Waals surface area contributed by atoms with E-state index in [1.165, 1.54) is 24.3 Å². The van der Waals surface area contributed by atoms with Crippen molar-refractivity contribution in [2.75, 3.05) is 6.61 Å². The molecule has 1 unspecified atom stereocenters. The number of rotatable bonds is 8. The molecule has 1 atom stereocenters. The van der Waals surface area contributed by atoms with Gasteiger partial charge in [-0.05, 0) is 61.1 Å². The largest absolute Gasteiger partial charge is 0.465 e. The second-order valence-corrected chi connectivity index (χ2v) is 9.90. The smallest absolute Gasteiger partial charge is 0.416 e. The molecule has 0 saturated heterocycles. The Kier molecular flexibility index (Phi) is 7.38. The molecule has 1 N–H and O–H groups in total. The van der Waals surface area contributed by atoms with Crippen molar-refractivity contribution in [3.05, 3.63) is 107 Å². The zero-order valence-corrected chi connectivity index (χ0v) is 22.0. The van der Waals surface area contributed by atoms with E-state index >= 15 is 0 Å². The van der Waals surface area contributed by atoms with Crippen molar-refractivity contribution in [1.29, 1.82) is 0 Å². The van der Waals surface area contributed by atoms with E-state index in [2.05, 4.69) is 5.16 Å². The molecule has 4 aromatic rings. The van der Waals surface area contributed by atoms with E-state index in [9.17, 15) is 23.1 Å². The Morgan fingerprint density at radius 2 is 1.68 bits per heavy atom. The van der Waals surface area contributed by atoms with Gasteiger partial charge in [-0.3, -0.25) is 4.79 Å². The van der Waals surface area contributed by atoms with Crippen LogP contribution in [-0.2, 0) is 21.1 Å². The zero-order valence-electron chi connectivity index (χ0n) is 22.0. The number of hydrogen-bond donors (Lipinski definition) is 1. The van der Waals surface area contributed by atoms with Crippen LogP contribution in [0.3, 0.4) is 0 Å². The van der Waals surface area contributed by atoms with E-state index in [0.717, 1.165) is 41.7 Å². The average Bonchev–Trinajstić information content (AvgIpc) is 3.68. The second-order valence-electron chi connectivity index (χ2n) is 9.90. The van der Waals surface area contributed by atoms with Gasteiger partial charge in [0.2, 0.25) is 0 Å². The maximum Gasteiger partial charge on any atom is 0.416 e. The number of halogens is 3. The number of carbonyl (C=O) groups is 1. The molecular formula is C32H28F3NO4. The van der Waals surface area contributed by atoms with Gasteiger partial charge in [0.05, 0.1) is 28.8 Å². The maximum absolute atomic E-state index is 13.0. The van der Waals surface area contributed by atoms with Crippen LogP contribution >= 0.6 is 0 Å². The summed E-state index contributed by atoms with van der Waals surface area (Å²) in [7, 11) is 0. The summed E-state index contributed by atoms with van der Waals surface area (Å²) in [6, 6.07) is 20.4. The Morgan fingerprint density at radius 3 is 2.27 bits per heavy atom. The van der Waals surface area contributed by atoms with Crippen LogP contribution in [0.5, 0.6) is 0 Å². The molecule has 1 aliphatic carbocycles. The molecule has 5 rings (SSSR count). The van der Waals surface area contributed by atoms with Gasteiger partial charge in [-0.1, -0.05) is 78.0 Å². The number of benzene rings is 3. The predicted octanol–water partition coefficient (Wildman–Crippen LogP) is 7.68. The Labute approximate surface area is 229 Å². The van der Waals surface area contributed by atoms with Crippen molar-refractivity contribution >= 4 is 12.0 Å². The molecule has 40 heavy (non-hydrogen) atoms. The van der Waals surface area contributed by atoms with Crippen LogP contribution in [0.15, 0.2) is 83.4 Å². The second kappa shape index (κ2) is 10.8. The first kappa shape index (κ1) is 27.4. The van der Waals surface area contributed by atoms with Crippen molar-refractivity contribution in [1.82, 2.24) is 5.16 Å². The molecule has 0 amide bonds. The third kappa shape index (κ3) is 5.45. The highest BCUT2D eigenvalue weighted by Crippen LogP contribution is 2.49. The quantitative estimate of drug-likeness (QED) is 0.229. The Balaban J connectivity index is 1.34. The zero-order chi connectivity index (χ0) is 28.5. The predicted molar refractivity (Wildman–Crippen MR) is 145 cm³/mol. The molecule has 1 aliphatic rings. The van der Waals surface area contributed by atoms with Crippen LogP contribution in [0.25, 0.3) is 28.5 Å². The summed E-state index contributed by atoms with van der Waals surface area (Å²) in [5.41, 5.74) is 3.55. The highest BCUT2D eigenvalue weighted by atomic mass is 19.4. The van der Waals surface area contributed by atoms with Gasteiger partial charge in [-0.15, -0.1) is 0 Å². The summed E-state index contributed by atoms with van der Waals surface area (Å²) in [5, 5.41) is 14.9. The molecule has 0 radical (unpaired) electrons. The number of nitrogens with zero attached hydrogens (tertiary/aromatic N) is 1. The SMILES string of the molecule is CCOC(=O)C1(c2ccc(-c3ccc(-c4onc(C)c4C(O)C=Cc4cccc(C(F)(F)F)c4)cc3)cc2)CC1. The normalized spacial score (nSPS) is 15.2. The fourth-order valence-corrected chi connectivity index (χ4v) is 4.85. The van der Waals surface area contributed by atoms with Crippen molar-refractivity contribution in [3.63, 3.8) is 0 Å². The number of hydrogen-bond acceptors (Lipinski definition) is 5. The first-order valence-electron chi connectivity index (χ1n) is 13.0. The van der Waals surface area contributed by atoms with E-state index in [4.69, 9.17) is 9.26 Å². The third-order valence-electron chi connectivity index (χ3n) is 7.22. The highest BCUT2D eigenvalue weighted by Gasteiger charge is 2.52. The minimum atomic E-state index is -4.45. The molecule has 1 aromatic heterocycles. The molecule has 206 valence electrons. The summed E-state index contributed by atoms with van der Waals surface area (Å²) in [6.07, 6.45) is -1.15. The number of aliphatic hydroxyl groups excluding tert-OH is 1. The summed E-state index contributed by atoms with van der Waals surface area (Å²) in [5.74, 6) is 0.211. The van der Waals surface area contributed by atoms with Gasteiger partial charge in [-0.2, -0.15) is 13.2 Å². The number of aryl methyl sites for hydroxylation is 1. The first-order chi connectivity index (χ1) is 19.1. The molecular weight excluding hydrogens is 519 g/mol. The van der Waals surface area contributed by atoms with Gasteiger partial charge in [0.1, 0.15) is 6.10 Å². The summed E-state index contributed by atoms with van der Waals surface area (Å²) >= 11 is 0. The van der Waals surface area contributed by atoms with Gasteiger partial charge in [-0.25, -0.2) is 0 Å². The van der Waals surface area contributed by atoms with Gasteiger partial charge < -0.3 is 14.4 Å². The molecule has 0 spiro atoms. The lowest BCUT2D eigenvalue weighted by molar-refractivity contribution is -0.146. The number of alkyl halides is 3. The average molecular weight is 548 g/mol. The summed E-state index contributed by atoms with van der Waals surface area (Å²) in [6.45, 7) is 3.87. The van der Waals surface area contributed by atoms with E-state index in [1.807, 2.05) is 55.5 Å². The summed E-state index contributed by atoms with van der Waals surface area (Å²) in [4.78, 5) is 12.4. The molecule has 1 heterocycles. The Morgan fingerprint density at radius 1 is 1.05 bits per heavy atom. The lowest BCUT2D eigenvalue weighted by Gasteiger charge is -2.14. The number of ether oxygens (including phenoxy) is 1. The van der Waals surface area contributed by atoms with E-state index in [1.54, 1.807) is 6.92 Å². The van der Waals surface area contributed by atoms with Gasteiger partial charge in [0.25, 0.3) is 0 Å². The van der Waals surface area contributed by atoms with Crippen LogP contribution in [0.1, 0.15) is 53.8 Å². The van der Waals surface area contributed by atoms with Crippen LogP contribution in [-0.4, -0.2) is 22.8 Å². The lowest BCUT2D eigenvalue weighted by atomic mass is 9.93. The van der Waals surface area contributed by atoms with E-state index < -0.39 is 23.3 Å². The molecule has 0 aliphatic heterocycles.